The van der Waals surface area contributed by atoms with Gasteiger partial charge < -0.3 is 5.32 Å². The van der Waals surface area contributed by atoms with Gasteiger partial charge >= 0.3 is 5.00 Å². The number of fused-ring (bicyclic) bond motifs is 1. The van der Waals surface area contributed by atoms with Gasteiger partial charge in [0.1, 0.15) is 11.1 Å². The van der Waals surface area contributed by atoms with Crippen LogP contribution in [0.5, 0.6) is 0 Å². The molecule has 0 saturated carbocycles. The maximum atomic E-state index is 12.1. The number of nitriles is 1. The molecule has 1 unspecified atom stereocenters. The van der Waals surface area contributed by atoms with Crippen molar-refractivity contribution in [2.75, 3.05) is 5.32 Å². The summed E-state index contributed by atoms with van der Waals surface area (Å²) in [4.78, 5) is 24.2. The fourth-order valence-corrected chi connectivity index (χ4v) is 4.89. The van der Waals surface area contributed by atoms with Crippen LogP contribution in [0.25, 0.3) is 6.08 Å². The molecule has 2 heterocycles. The van der Waals surface area contributed by atoms with Crippen molar-refractivity contribution in [3.63, 3.8) is 0 Å². The first-order valence-electron chi connectivity index (χ1n) is 7.76. The lowest BCUT2D eigenvalue weighted by Gasteiger charge is -2.17. The predicted octanol–water partition coefficient (Wildman–Crippen LogP) is 4.37. The van der Waals surface area contributed by atoms with Crippen molar-refractivity contribution in [1.82, 2.24) is 0 Å². The summed E-state index contributed by atoms with van der Waals surface area (Å²) >= 11 is 2.48. The van der Waals surface area contributed by atoms with Gasteiger partial charge in [-0.1, -0.05) is 18.3 Å². The summed E-state index contributed by atoms with van der Waals surface area (Å²) in [6.07, 6.45) is 5.75. The molecule has 0 aromatic carbocycles. The maximum absolute atomic E-state index is 12.1. The SMILES string of the molecule is CC1CCc2c(sc(NC(=O)/C=C/c3ccc([N+](=O)[O-])s3)c2C#N)C1. The van der Waals surface area contributed by atoms with Crippen molar-refractivity contribution in [2.24, 2.45) is 5.92 Å². The number of carbonyl (C=O) groups excluding carboxylic acids is 1. The number of nitro groups is 1. The van der Waals surface area contributed by atoms with Crippen molar-refractivity contribution in [3.8, 4) is 6.07 Å². The number of thiophene rings is 2. The molecule has 8 heteroatoms. The Balaban J connectivity index is 1.73. The van der Waals surface area contributed by atoms with E-state index in [9.17, 15) is 20.2 Å². The van der Waals surface area contributed by atoms with Gasteiger partial charge in [-0.05, 0) is 42.9 Å². The minimum Gasteiger partial charge on any atom is -0.313 e. The van der Waals surface area contributed by atoms with Gasteiger partial charge in [0.25, 0.3) is 0 Å². The van der Waals surface area contributed by atoms with Crippen LogP contribution in [0.15, 0.2) is 18.2 Å². The molecule has 1 atom stereocenters. The van der Waals surface area contributed by atoms with E-state index in [4.69, 9.17) is 0 Å². The van der Waals surface area contributed by atoms with Crippen molar-refractivity contribution in [1.29, 1.82) is 5.26 Å². The van der Waals surface area contributed by atoms with Gasteiger partial charge in [0.15, 0.2) is 0 Å². The first-order chi connectivity index (χ1) is 12.0. The topological polar surface area (TPSA) is 96.0 Å². The second kappa shape index (κ2) is 7.17. The van der Waals surface area contributed by atoms with Gasteiger partial charge in [0.2, 0.25) is 5.91 Å². The summed E-state index contributed by atoms with van der Waals surface area (Å²) in [7, 11) is 0. The molecule has 0 spiro atoms. The minimum atomic E-state index is -0.460. The molecular formula is C17H15N3O3S2. The third-order valence-corrected chi connectivity index (χ3v) is 6.22. The average Bonchev–Trinajstić information content (AvgIpc) is 3.16. The monoisotopic (exact) mass is 373 g/mol. The molecule has 128 valence electrons. The van der Waals surface area contributed by atoms with Crippen LogP contribution in [0.2, 0.25) is 0 Å². The molecule has 1 aliphatic carbocycles. The Bertz CT molecular complexity index is 905. The highest BCUT2D eigenvalue weighted by Crippen LogP contribution is 2.39. The smallest absolute Gasteiger partial charge is 0.313 e. The van der Waals surface area contributed by atoms with Gasteiger partial charge in [-0.15, -0.1) is 11.3 Å². The first-order valence-corrected chi connectivity index (χ1v) is 9.39. The fourth-order valence-electron chi connectivity index (χ4n) is 2.80. The van der Waals surface area contributed by atoms with Gasteiger partial charge in [-0.2, -0.15) is 5.26 Å². The van der Waals surface area contributed by atoms with Crippen LogP contribution in [-0.4, -0.2) is 10.8 Å². The van der Waals surface area contributed by atoms with E-state index in [2.05, 4.69) is 18.3 Å². The number of anilines is 1. The zero-order valence-corrected chi connectivity index (χ0v) is 15.1. The highest BCUT2D eigenvalue weighted by atomic mass is 32.1. The van der Waals surface area contributed by atoms with Crippen molar-refractivity contribution >= 4 is 44.7 Å². The lowest BCUT2D eigenvalue weighted by Crippen LogP contribution is -2.10. The van der Waals surface area contributed by atoms with Crippen LogP contribution in [0, 0.1) is 27.4 Å². The van der Waals surface area contributed by atoms with Gasteiger partial charge in [-0.25, -0.2) is 0 Å². The zero-order chi connectivity index (χ0) is 18.0. The van der Waals surface area contributed by atoms with Crippen LogP contribution in [0.1, 0.15) is 34.2 Å². The molecule has 0 bridgehead atoms. The van der Waals surface area contributed by atoms with E-state index in [0.29, 0.717) is 21.4 Å². The van der Waals surface area contributed by atoms with Crippen LogP contribution in [-0.2, 0) is 17.6 Å². The second-order valence-electron chi connectivity index (χ2n) is 5.92. The number of rotatable bonds is 4. The molecule has 1 amide bonds. The first kappa shape index (κ1) is 17.3. The highest BCUT2D eigenvalue weighted by molar-refractivity contribution is 7.17. The Morgan fingerprint density at radius 2 is 2.28 bits per heavy atom. The Morgan fingerprint density at radius 3 is 2.96 bits per heavy atom. The number of carbonyl (C=O) groups is 1. The van der Waals surface area contributed by atoms with E-state index in [1.807, 2.05) is 0 Å². The van der Waals surface area contributed by atoms with E-state index < -0.39 is 4.92 Å². The lowest BCUT2D eigenvalue weighted by molar-refractivity contribution is -0.380. The van der Waals surface area contributed by atoms with Gasteiger partial charge in [-0.3, -0.25) is 14.9 Å². The summed E-state index contributed by atoms with van der Waals surface area (Å²) in [5.74, 6) is 0.245. The van der Waals surface area contributed by atoms with Crippen LogP contribution >= 0.6 is 22.7 Å². The Kier molecular flexibility index (Phi) is 4.97. The van der Waals surface area contributed by atoms with Crippen LogP contribution < -0.4 is 5.32 Å². The summed E-state index contributed by atoms with van der Waals surface area (Å²) in [5, 5.41) is 23.5. The van der Waals surface area contributed by atoms with Crippen molar-refractivity contribution in [3.05, 3.63) is 49.2 Å². The predicted molar refractivity (Wildman–Crippen MR) is 98.9 cm³/mol. The highest BCUT2D eigenvalue weighted by Gasteiger charge is 2.24. The van der Waals surface area contributed by atoms with Gasteiger partial charge in [0, 0.05) is 21.9 Å². The number of nitrogens with zero attached hydrogens (tertiary/aromatic N) is 2. The average molecular weight is 373 g/mol. The molecule has 1 aliphatic rings. The van der Waals surface area contributed by atoms with Crippen molar-refractivity contribution < 1.29 is 9.72 Å². The van der Waals surface area contributed by atoms with Crippen molar-refractivity contribution in [2.45, 2.75) is 26.2 Å². The third kappa shape index (κ3) is 3.78. The summed E-state index contributed by atoms with van der Waals surface area (Å²) < 4.78 is 0. The molecule has 6 nitrogen and oxygen atoms in total. The molecule has 0 fully saturated rings. The zero-order valence-electron chi connectivity index (χ0n) is 13.4. The summed E-state index contributed by atoms with van der Waals surface area (Å²) in [6, 6.07) is 5.22. The molecule has 0 radical (unpaired) electrons. The quantitative estimate of drug-likeness (QED) is 0.489. The molecule has 0 saturated heterocycles. The van der Waals surface area contributed by atoms with E-state index in [1.165, 1.54) is 34.4 Å². The summed E-state index contributed by atoms with van der Waals surface area (Å²) in [5.41, 5.74) is 1.64. The van der Waals surface area contributed by atoms with E-state index in [1.54, 1.807) is 6.07 Å². The molecule has 1 N–H and O–H groups in total. The number of hydrogen-bond donors (Lipinski definition) is 1. The normalized spacial score (nSPS) is 16.4. The summed E-state index contributed by atoms with van der Waals surface area (Å²) in [6.45, 7) is 2.19. The van der Waals surface area contributed by atoms with Crippen LogP contribution in [0.4, 0.5) is 10.0 Å². The Labute approximate surface area is 152 Å². The van der Waals surface area contributed by atoms with Crippen LogP contribution in [0.3, 0.4) is 0 Å². The Morgan fingerprint density at radius 1 is 1.48 bits per heavy atom. The second-order valence-corrected chi connectivity index (χ2v) is 8.12. The third-order valence-electron chi connectivity index (χ3n) is 4.05. The van der Waals surface area contributed by atoms with Gasteiger partial charge in [0.05, 0.1) is 10.5 Å². The number of hydrogen-bond acceptors (Lipinski definition) is 6. The molecule has 3 rings (SSSR count). The molecule has 2 aromatic rings. The molecule has 25 heavy (non-hydrogen) atoms. The fraction of sp³-hybridized carbons (Fsp3) is 0.294. The number of amides is 1. The van der Waals surface area contributed by atoms with E-state index in [0.717, 1.165) is 36.2 Å². The molecule has 2 aromatic heterocycles. The lowest BCUT2D eigenvalue weighted by atomic mass is 9.89. The molecule has 0 aliphatic heterocycles. The van der Waals surface area contributed by atoms with E-state index >= 15 is 0 Å². The molecular weight excluding hydrogens is 358 g/mol. The van der Waals surface area contributed by atoms with E-state index in [-0.39, 0.29) is 10.9 Å². The maximum Gasteiger partial charge on any atom is 0.324 e. The largest absolute Gasteiger partial charge is 0.324 e. The minimum absolute atomic E-state index is 0.0341. The standard InChI is InChI=1S/C17H15N3O3S2/c1-10-2-5-12-13(9-18)17(25-14(12)8-10)19-15(21)6-3-11-4-7-16(24-11)20(22)23/h3-4,6-7,10H,2,5,8H2,1H3,(H,19,21)/b6-3+. The number of nitrogens with one attached hydrogen (secondary N) is 1. The Hall–Kier alpha value is -2.50.